The number of hydrogen-bond acceptors (Lipinski definition) is 4. The second-order valence-corrected chi connectivity index (χ2v) is 7.04. The van der Waals surface area contributed by atoms with E-state index in [4.69, 9.17) is 4.98 Å². The van der Waals surface area contributed by atoms with Gasteiger partial charge in [-0.05, 0) is 31.9 Å². The second kappa shape index (κ2) is 5.77. The van der Waals surface area contributed by atoms with Crippen LogP contribution in [0.2, 0.25) is 0 Å². The summed E-state index contributed by atoms with van der Waals surface area (Å²) < 4.78 is 0. The molecular weight excluding hydrogens is 308 g/mol. The van der Waals surface area contributed by atoms with Crippen LogP contribution in [0.1, 0.15) is 40.1 Å². The fraction of sp³-hybridized carbons (Fsp3) is 0.353. The molecule has 3 heterocycles. The third-order valence-electron chi connectivity index (χ3n) is 4.34. The highest BCUT2D eigenvalue weighted by molar-refractivity contribution is 7.09. The van der Waals surface area contributed by atoms with E-state index in [1.807, 2.05) is 41.5 Å². The molecular formula is C17H18N4OS. The Morgan fingerprint density at radius 1 is 1.35 bits per heavy atom. The lowest BCUT2D eigenvalue weighted by molar-refractivity contribution is 0.0699. The zero-order valence-corrected chi connectivity index (χ0v) is 13.8. The summed E-state index contributed by atoms with van der Waals surface area (Å²) in [5.74, 6) is 1.29. The molecule has 118 valence electrons. The van der Waals surface area contributed by atoms with E-state index in [2.05, 4.69) is 9.97 Å². The van der Waals surface area contributed by atoms with E-state index in [1.54, 1.807) is 0 Å². The molecule has 0 radical (unpaired) electrons. The topological polar surface area (TPSA) is 61.9 Å². The quantitative estimate of drug-likeness (QED) is 0.785. The minimum absolute atomic E-state index is 0.0372. The Hall–Kier alpha value is -2.21. The number of rotatable bonds is 2. The first kappa shape index (κ1) is 14.4. The fourth-order valence-corrected chi connectivity index (χ4v) is 3.76. The maximum Gasteiger partial charge on any atom is 0.273 e. The van der Waals surface area contributed by atoms with Crippen LogP contribution < -0.4 is 0 Å². The van der Waals surface area contributed by atoms with Gasteiger partial charge in [0.2, 0.25) is 0 Å². The van der Waals surface area contributed by atoms with E-state index >= 15 is 0 Å². The van der Waals surface area contributed by atoms with Crippen LogP contribution in [0.3, 0.4) is 0 Å². The molecule has 5 nitrogen and oxygen atoms in total. The van der Waals surface area contributed by atoms with Crippen molar-refractivity contribution in [1.29, 1.82) is 0 Å². The summed E-state index contributed by atoms with van der Waals surface area (Å²) in [4.78, 5) is 26.9. The average molecular weight is 326 g/mol. The molecule has 0 saturated carbocycles. The lowest BCUT2D eigenvalue weighted by Crippen LogP contribution is -2.39. The van der Waals surface area contributed by atoms with Gasteiger partial charge in [-0.25, -0.2) is 9.97 Å². The van der Waals surface area contributed by atoms with Crippen molar-refractivity contribution in [3.63, 3.8) is 0 Å². The van der Waals surface area contributed by atoms with Crippen LogP contribution in [0.4, 0.5) is 0 Å². The first-order valence-electron chi connectivity index (χ1n) is 7.87. The van der Waals surface area contributed by atoms with E-state index in [0.717, 1.165) is 41.3 Å². The highest BCUT2D eigenvalue weighted by atomic mass is 32.1. The van der Waals surface area contributed by atoms with Gasteiger partial charge in [0.05, 0.1) is 16.0 Å². The van der Waals surface area contributed by atoms with E-state index in [0.29, 0.717) is 12.2 Å². The second-order valence-electron chi connectivity index (χ2n) is 5.98. The average Bonchev–Trinajstić information content (AvgIpc) is 3.20. The molecule has 1 fully saturated rings. The Morgan fingerprint density at radius 2 is 2.22 bits per heavy atom. The molecule has 23 heavy (non-hydrogen) atoms. The van der Waals surface area contributed by atoms with Crippen molar-refractivity contribution in [1.82, 2.24) is 19.9 Å². The molecule has 1 amide bonds. The number of benzene rings is 1. The normalized spacial score (nSPS) is 18.5. The van der Waals surface area contributed by atoms with Gasteiger partial charge in [-0.3, -0.25) is 4.79 Å². The van der Waals surface area contributed by atoms with E-state index in [-0.39, 0.29) is 11.8 Å². The molecule has 1 aromatic carbocycles. The number of aromatic amines is 1. The number of nitrogens with one attached hydrogen (secondary N) is 1. The summed E-state index contributed by atoms with van der Waals surface area (Å²) in [6, 6.07) is 8.05. The van der Waals surface area contributed by atoms with Crippen LogP contribution in [-0.4, -0.2) is 38.8 Å². The number of nitrogens with zero attached hydrogens (tertiary/aromatic N) is 3. The molecule has 1 aliphatic heterocycles. The van der Waals surface area contributed by atoms with Crippen molar-refractivity contribution >= 4 is 28.3 Å². The first-order valence-corrected chi connectivity index (χ1v) is 8.75. The molecule has 0 aliphatic carbocycles. The number of aromatic nitrogens is 3. The minimum Gasteiger partial charge on any atom is -0.342 e. The number of H-pyrrole nitrogens is 1. The highest BCUT2D eigenvalue weighted by Crippen LogP contribution is 2.27. The van der Waals surface area contributed by atoms with Gasteiger partial charge in [-0.2, -0.15) is 0 Å². The number of likely N-dealkylation sites (tertiary alicyclic amines) is 1. The van der Waals surface area contributed by atoms with Crippen molar-refractivity contribution in [3.8, 4) is 0 Å². The minimum atomic E-state index is 0.0372. The predicted octanol–water partition coefficient (Wildman–Crippen LogP) is 3.35. The standard InChI is InChI=1S/C17H18N4OS/c1-11-18-15(10-23-11)17(22)21-8-4-5-12(9-21)16-19-13-6-2-3-7-14(13)20-16/h2-3,6-7,10,12H,4-5,8-9H2,1H3,(H,19,20)/t12-/m1/s1. The van der Waals surface area contributed by atoms with E-state index in [1.165, 1.54) is 11.3 Å². The summed E-state index contributed by atoms with van der Waals surface area (Å²) in [7, 11) is 0. The van der Waals surface area contributed by atoms with Gasteiger partial charge in [0.1, 0.15) is 11.5 Å². The summed E-state index contributed by atoms with van der Waals surface area (Å²) >= 11 is 1.52. The monoisotopic (exact) mass is 326 g/mol. The SMILES string of the molecule is Cc1nc(C(=O)N2CCC[C@@H](c3nc4ccccc4[nH]3)C2)cs1. The summed E-state index contributed by atoms with van der Waals surface area (Å²) in [6.45, 7) is 3.43. The van der Waals surface area contributed by atoms with Crippen molar-refractivity contribution in [2.24, 2.45) is 0 Å². The number of carbonyl (C=O) groups is 1. The lowest BCUT2D eigenvalue weighted by atomic mass is 9.97. The number of hydrogen-bond donors (Lipinski definition) is 1. The smallest absolute Gasteiger partial charge is 0.273 e. The van der Waals surface area contributed by atoms with Gasteiger partial charge < -0.3 is 9.88 Å². The number of imidazole rings is 1. The van der Waals surface area contributed by atoms with Crippen LogP contribution in [0.5, 0.6) is 0 Å². The molecule has 0 spiro atoms. The van der Waals surface area contributed by atoms with Crippen molar-refractivity contribution in [2.75, 3.05) is 13.1 Å². The number of aryl methyl sites for hydroxylation is 1. The van der Waals surface area contributed by atoms with Crippen molar-refractivity contribution in [3.05, 3.63) is 46.2 Å². The Balaban J connectivity index is 1.55. The van der Waals surface area contributed by atoms with Crippen molar-refractivity contribution < 1.29 is 4.79 Å². The molecule has 1 atom stereocenters. The highest BCUT2D eigenvalue weighted by Gasteiger charge is 2.28. The lowest BCUT2D eigenvalue weighted by Gasteiger charge is -2.31. The fourth-order valence-electron chi connectivity index (χ4n) is 3.17. The van der Waals surface area contributed by atoms with Crippen LogP contribution in [-0.2, 0) is 0 Å². The largest absolute Gasteiger partial charge is 0.342 e. The van der Waals surface area contributed by atoms with Gasteiger partial charge >= 0.3 is 0 Å². The van der Waals surface area contributed by atoms with Gasteiger partial charge in [0.25, 0.3) is 5.91 Å². The molecule has 1 aliphatic rings. The molecule has 6 heteroatoms. The zero-order valence-electron chi connectivity index (χ0n) is 13.0. The third kappa shape index (κ3) is 2.74. The molecule has 0 bridgehead atoms. The molecule has 0 unspecified atom stereocenters. The van der Waals surface area contributed by atoms with Gasteiger partial charge in [-0.15, -0.1) is 11.3 Å². The Bertz CT molecular complexity index is 820. The number of thiazole rings is 1. The van der Waals surface area contributed by atoms with Crippen LogP contribution in [0, 0.1) is 6.92 Å². The summed E-state index contributed by atoms with van der Waals surface area (Å²) in [5, 5.41) is 2.78. The van der Waals surface area contributed by atoms with Gasteiger partial charge in [-0.1, -0.05) is 12.1 Å². The number of carbonyl (C=O) groups excluding carboxylic acids is 1. The molecule has 4 rings (SSSR count). The van der Waals surface area contributed by atoms with E-state index < -0.39 is 0 Å². The van der Waals surface area contributed by atoms with Crippen LogP contribution >= 0.6 is 11.3 Å². The summed E-state index contributed by atoms with van der Waals surface area (Å²) in [6.07, 6.45) is 2.05. The maximum absolute atomic E-state index is 12.6. The van der Waals surface area contributed by atoms with Gasteiger partial charge in [0, 0.05) is 24.4 Å². The Labute approximate surface area is 138 Å². The Morgan fingerprint density at radius 3 is 3.00 bits per heavy atom. The third-order valence-corrected chi connectivity index (χ3v) is 5.11. The molecule has 3 aromatic rings. The first-order chi connectivity index (χ1) is 11.2. The number of para-hydroxylation sites is 2. The van der Waals surface area contributed by atoms with Crippen LogP contribution in [0.25, 0.3) is 11.0 Å². The zero-order chi connectivity index (χ0) is 15.8. The molecule has 2 aromatic heterocycles. The molecule has 1 saturated heterocycles. The summed E-state index contributed by atoms with van der Waals surface area (Å²) in [5.41, 5.74) is 2.61. The number of amides is 1. The van der Waals surface area contributed by atoms with Crippen LogP contribution in [0.15, 0.2) is 29.6 Å². The number of fused-ring (bicyclic) bond motifs is 1. The van der Waals surface area contributed by atoms with Crippen molar-refractivity contribution in [2.45, 2.75) is 25.7 Å². The van der Waals surface area contributed by atoms with E-state index in [9.17, 15) is 4.79 Å². The Kier molecular flexibility index (Phi) is 3.61. The predicted molar refractivity (Wildman–Crippen MR) is 90.8 cm³/mol. The van der Waals surface area contributed by atoms with Gasteiger partial charge in [0.15, 0.2) is 0 Å². The molecule has 1 N–H and O–H groups in total. The number of piperidine rings is 1. The maximum atomic E-state index is 12.6.